The van der Waals surface area contributed by atoms with Crippen molar-refractivity contribution in [2.24, 2.45) is 11.8 Å². The van der Waals surface area contributed by atoms with E-state index in [0.717, 1.165) is 25.4 Å². The molecule has 2 heterocycles. The SMILES string of the molecule is O=C(CNC(=O)c1cccs1)NCC(=O)N1CC[C@@H]2CCCC[C@@H]2C1. The fourth-order valence-electron chi connectivity index (χ4n) is 3.83. The van der Waals surface area contributed by atoms with Crippen LogP contribution in [0.1, 0.15) is 41.8 Å². The first-order valence-corrected chi connectivity index (χ1v) is 9.87. The number of carbonyl (C=O) groups excluding carboxylic acids is 3. The van der Waals surface area contributed by atoms with Crippen LogP contribution in [0.2, 0.25) is 0 Å². The van der Waals surface area contributed by atoms with Crippen LogP contribution in [0, 0.1) is 11.8 Å². The van der Waals surface area contributed by atoms with Crippen LogP contribution < -0.4 is 10.6 Å². The third-order valence-corrected chi connectivity index (χ3v) is 6.10. The molecule has 7 heteroatoms. The van der Waals surface area contributed by atoms with Crippen LogP contribution in [-0.2, 0) is 9.59 Å². The van der Waals surface area contributed by atoms with Crippen LogP contribution >= 0.6 is 11.3 Å². The topological polar surface area (TPSA) is 78.5 Å². The Morgan fingerprint density at radius 3 is 2.64 bits per heavy atom. The molecule has 0 spiro atoms. The number of hydrogen-bond donors (Lipinski definition) is 2. The molecule has 136 valence electrons. The highest BCUT2D eigenvalue weighted by Crippen LogP contribution is 2.35. The molecule has 1 saturated carbocycles. The molecule has 1 aromatic heterocycles. The molecule has 0 unspecified atom stereocenters. The first-order valence-electron chi connectivity index (χ1n) is 8.99. The Morgan fingerprint density at radius 2 is 1.88 bits per heavy atom. The van der Waals surface area contributed by atoms with Crippen LogP contribution in [-0.4, -0.2) is 48.8 Å². The van der Waals surface area contributed by atoms with Gasteiger partial charge in [0.15, 0.2) is 0 Å². The Hall–Kier alpha value is -1.89. The van der Waals surface area contributed by atoms with E-state index in [1.807, 2.05) is 10.3 Å². The quantitative estimate of drug-likeness (QED) is 0.835. The van der Waals surface area contributed by atoms with Gasteiger partial charge in [-0.15, -0.1) is 11.3 Å². The Labute approximate surface area is 152 Å². The zero-order valence-electron chi connectivity index (χ0n) is 14.3. The lowest BCUT2D eigenvalue weighted by Gasteiger charge is -2.41. The van der Waals surface area contributed by atoms with Crippen molar-refractivity contribution in [2.45, 2.75) is 32.1 Å². The van der Waals surface area contributed by atoms with Crippen molar-refractivity contribution in [1.29, 1.82) is 0 Å². The van der Waals surface area contributed by atoms with Gasteiger partial charge >= 0.3 is 0 Å². The van der Waals surface area contributed by atoms with Crippen molar-refractivity contribution in [3.63, 3.8) is 0 Å². The first kappa shape index (κ1) is 17.9. The fraction of sp³-hybridized carbons (Fsp3) is 0.611. The number of piperidine rings is 1. The number of thiophene rings is 1. The maximum absolute atomic E-state index is 12.3. The molecule has 25 heavy (non-hydrogen) atoms. The molecular formula is C18H25N3O3S. The molecular weight excluding hydrogens is 338 g/mol. The lowest BCUT2D eigenvalue weighted by atomic mass is 9.75. The summed E-state index contributed by atoms with van der Waals surface area (Å²) in [5.74, 6) is 0.774. The van der Waals surface area contributed by atoms with Crippen molar-refractivity contribution < 1.29 is 14.4 Å². The van der Waals surface area contributed by atoms with E-state index >= 15 is 0 Å². The van der Waals surface area contributed by atoms with Gasteiger partial charge in [-0.2, -0.15) is 0 Å². The summed E-state index contributed by atoms with van der Waals surface area (Å²) in [7, 11) is 0. The summed E-state index contributed by atoms with van der Waals surface area (Å²) in [6, 6.07) is 3.49. The van der Waals surface area contributed by atoms with E-state index in [0.29, 0.717) is 10.8 Å². The van der Waals surface area contributed by atoms with Crippen molar-refractivity contribution in [3.8, 4) is 0 Å². The Kier molecular flexibility index (Phi) is 6.07. The monoisotopic (exact) mass is 363 g/mol. The lowest BCUT2D eigenvalue weighted by molar-refractivity contribution is -0.135. The zero-order valence-corrected chi connectivity index (χ0v) is 15.1. The normalized spacial score (nSPS) is 22.8. The number of rotatable bonds is 5. The predicted molar refractivity (Wildman–Crippen MR) is 96.3 cm³/mol. The number of carbonyl (C=O) groups is 3. The Bertz CT molecular complexity index is 617. The lowest BCUT2D eigenvalue weighted by Crippen LogP contribution is -2.49. The second-order valence-corrected chi connectivity index (χ2v) is 7.82. The van der Waals surface area contributed by atoms with Crippen LogP contribution in [0.5, 0.6) is 0 Å². The average Bonchev–Trinajstić information content (AvgIpc) is 3.18. The number of likely N-dealkylation sites (tertiary alicyclic amines) is 1. The minimum Gasteiger partial charge on any atom is -0.345 e. The summed E-state index contributed by atoms with van der Waals surface area (Å²) in [5, 5.41) is 6.98. The van der Waals surface area contributed by atoms with Crippen molar-refractivity contribution in [2.75, 3.05) is 26.2 Å². The molecule has 3 rings (SSSR count). The van der Waals surface area contributed by atoms with Crippen LogP contribution in [0.3, 0.4) is 0 Å². The molecule has 2 N–H and O–H groups in total. The van der Waals surface area contributed by atoms with Gasteiger partial charge in [0.05, 0.1) is 18.0 Å². The fourth-order valence-corrected chi connectivity index (χ4v) is 4.47. The highest BCUT2D eigenvalue weighted by Gasteiger charge is 2.32. The molecule has 2 atom stereocenters. The van der Waals surface area contributed by atoms with Gasteiger partial charge in [0, 0.05) is 13.1 Å². The molecule has 0 aromatic carbocycles. The zero-order chi connectivity index (χ0) is 17.6. The second kappa shape index (κ2) is 8.47. The van der Waals surface area contributed by atoms with Gasteiger partial charge in [0.2, 0.25) is 11.8 Å². The number of amides is 3. The highest BCUT2D eigenvalue weighted by molar-refractivity contribution is 7.12. The standard InChI is InChI=1S/C18H25N3O3S/c22-16(10-20-18(24)15-6-3-9-25-15)19-11-17(23)21-8-7-13-4-1-2-5-14(13)12-21/h3,6,9,13-14H,1-2,4-5,7-8,10-12H2,(H,19,22)(H,20,24)/t13-,14+/m0/s1. The van der Waals surface area contributed by atoms with E-state index in [9.17, 15) is 14.4 Å². The van der Waals surface area contributed by atoms with E-state index in [1.54, 1.807) is 12.1 Å². The molecule has 0 bridgehead atoms. The summed E-state index contributed by atoms with van der Waals surface area (Å²) in [6.07, 6.45) is 6.19. The van der Waals surface area contributed by atoms with E-state index in [4.69, 9.17) is 0 Å². The van der Waals surface area contributed by atoms with E-state index in [1.165, 1.54) is 37.0 Å². The number of nitrogens with one attached hydrogen (secondary N) is 2. The average molecular weight is 363 g/mol. The van der Waals surface area contributed by atoms with Gasteiger partial charge in [-0.3, -0.25) is 14.4 Å². The molecule has 1 aliphatic heterocycles. The van der Waals surface area contributed by atoms with E-state index in [-0.39, 0.29) is 30.8 Å². The molecule has 1 saturated heterocycles. The first-order chi connectivity index (χ1) is 12.1. The molecule has 0 radical (unpaired) electrons. The summed E-state index contributed by atoms with van der Waals surface area (Å²) in [5.41, 5.74) is 0. The maximum atomic E-state index is 12.3. The Balaban J connectivity index is 1.37. The van der Waals surface area contributed by atoms with Gasteiger partial charge < -0.3 is 15.5 Å². The number of nitrogens with zero attached hydrogens (tertiary/aromatic N) is 1. The van der Waals surface area contributed by atoms with Gasteiger partial charge in [-0.1, -0.05) is 25.3 Å². The minimum absolute atomic E-state index is 0.00505. The van der Waals surface area contributed by atoms with Gasteiger partial charge in [-0.25, -0.2) is 0 Å². The van der Waals surface area contributed by atoms with Crippen LogP contribution in [0.25, 0.3) is 0 Å². The van der Waals surface area contributed by atoms with Crippen molar-refractivity contribution in [3.05, 3.63) is 22.4 Å². The summed E-state index contributed by atoms with van der Waals surface area (Å²) >= 11 is 1.32. The second-order valence-electron chi connectivity index (χ2n) is 6.87. The molecule has 2 aliphatic rings. The molecule has 6 nitrogen and oxygen atoms in total. The van der Waals surface area contributed by atoms with Gasteiger partial charge in [0.25, 0.3) is 5.91 Å². The highest BCUT2D eigenvalue weighted by atomic mass is 32.1. The number of hydrogen-bond acceptors (Lipinski definition) is 4. The smallest absolute Gasteiger partial charge is 0.261 e. The summed E-state index contributed by atoms with van der Waals surface area (Å²) in [6.45, 7) is 1.51. The van der Waals surface area contributed by atoms with Crippen LogP contribution in [0.4, 0.5) is 0 Å². The maximum Gasteiger partial charge on any atom is 0.261 e. The molecule has 3 amide bonds. The molecule has 2 fully saturated rings. The third-order valence-electron chi connectivity index (χ3n) is 5.24. The minimum atomic E-state index is -0.342. The van der Waals surface area contributed by atoms with Crippen molar-refractivity contribution >= 4 is 29.1 Å². The summed E-state index contributed by atoms with van der Waals surface area (Å²) in [4.78, 5) is 38.4. The van der Waals surface area contributed by atoms with Gasteiger partial charge in [0.1, 0.15) is 0 Å². The number of fused-ring (bicyclic) bond motifs is 1. The third kappa shape index (κ3) is 4.81. The summed E-state index contributed by atoms with van der Waals surface area (Å²) < 4.78 is 0. The predicted octanol–water partition coefficient (Wildman–Crippen LogP) is 1.63. The molecule has 1 aliphatic carbocycles. The van der Waals surface area contributed by atoms with Gasteiger partial charge in [-0.05, 0) is 36.1 Å². The van der Waals surface area contributed by atoms with E-state index < -0.39 is 0 Å². The Morgan fingerprint density at radius 1 is 1.08 bits per heavy atom. The molecule has 1 aromatic rings. The van der Waals surface area contributed by atoms with E-state index in [2.05, 4.69) is 10.6 Å². The largest absolute Gasteiger partial charge is 0.345 e. The van der Waals surface area contributed by atoms with Crippen molar-refractivity contribution in [1.82, 2.24) is 15.5 Å². The van der Waals surface area contributed by atoms with Crippen LogP contribution in [0.15, 0.2) is 17.5 Å².